The van der Waals surface area contributed by atoms with Crippen LogP contribution in [0.2, 0.25) is 10.0 Å². The fourth-order valence-corrected chi connectivity index (χ4v) is 4.24. The van der Waals surface area contributed by atoms with Crippen LogP contribution >= 0.6 is 35.0 Å². The molecule has 2 aromatic rings. The van der Waals surface area contributed by atoms with E-state index in [1.54, 1.807) is 16.7 Å². The SMILES string of the molecule is CSc1cc(N2CCN(C(=O)Cn3nc(C(F)(F)F)c(Cl)c3C)CC2)ccc1Cl. The minimum Gasteiger partial charge on any atom is -0.368 e. The topological polar surface area (TPSA) is 41.4 Å². The van der Waals surface area contributed by atoms with Gasteiger partial charge in [0.2, 0.25) is 5.91 Å². The molecule has 1 saturated heterocycles. The van der Waals surface area contributed by atoms with Gasteiger partial charge in [-0.05, 0) is 31.4 Å². The Hall–Kier alpha value is -1.58. The van der Waals surface area contributed by atoms with Gasteiger partial charge in [0.1, 0.15) is 6.54 Å². The van der Waals surface area contributed by atoms with Crippen molar-refractivity contribution in [1.82, 2.24) is 14.7 Å². The zero-order valence-corrected chi connectivity index (χ0v) is 18.1. The maximum atomic E-state index is 12.9. The van der Waals surface area contributed by atoms with E-state index in [-0.39, 0.29) is 18.1 Å². The molecule has 158 valence electrons. The van der Waals surface area contributed by atoms with E-state index in [4.69, 9.17) is 23.2 Å². The molecule has 3 rings (SSSR count). The van der Waals surface area contributed by atoms with Crippen molar-refractivity contribution in [2.45, 2.75) is 24.5 Å². The van der Waals surface area contributed by atoms with Crippen molar-refractivity contribution >= 4 is 46.6 Å². The third-order valence-electron chi connectivity index (χ3n) is 4.82. The Morgan fingerprint density at radius 3 is 2.41 bits per heavy atom. The minimum absolute atomic E-state index is 0.122. The monoisotopic (exact) mass is 466 g/mol. The van der Waals surface area contributed by atoms with Gasteiger partial charge >= 0.3 is 6.18 Å². The number of carbonyl (C=O) groups is 1. The summed E-state index contributed by atoms with van der Waals surface area (Å²) in [5.41, 5.74) is -0.0197. The normalized spacial score (nSPS) is 15.1. The number of piperazine rings is 1. The van der Waals surface area contributed by atoms with Gasteiger partial charge in [-0.25, -0.2) is 0 Å². The van der Waals surface area contributed by atoms with E-state index in [2.05, 4.69) is 10.00 Å². The fourth-order valence-electron chi connectivity index (χ4n) is 3.15. The number of amides is 1. The average molecular weight is 467 g/mol. The highest BCUT2D eigenvalue weighted by Crippen LogP contribution is 2.35. The highest BCUT2D eigenvalue weighted by atomic mass is 35.5. The number of benzene rings is 1. The number of hydrogen-bond donors (Lipinski definition) is 0. The van der Waals surface area contributed by atoms with Crippen LogP contribution in [0.1, 0.15) is 11.4 Å². The van der Waals surface area contributed by atoms with Crippen LogP contribution in [0.5, 0.6) is 0 Å². The van der Waals surface area contributed by atoms with E-state index in [9.17, 15) is 18.0 Å². The summed E-state index contributed by atoms with van der Waals surface area (Å²) in [5, 5.41) is 3.72. The van der Waals surface area contributed by atoms with Crippen molar-refractivity contribution in [2.75, 3.05) is 37.3 Å². The summed E-state index contributed by atoms with van der Waals surface area (Å²) < 4.78 is 39.9. The maximum Gasteiger partial charge on any atom is 0.436 e. The van der Waals surface area contributed by atoms with Crippen LogP contribution in [0, 0.1) is 6.92 Å². The minimum atomic E-state index is -4.66. The van der Waals surface area contributed by atoms with E-state index in [0.717, 1.165) is 15.3 Å². The van der Waals surface area contributed by atoms with Gasteiger partial charge in [-0.2, -0.15) is 18.3 Å². The predicted octanol–water partition coefficient (Wildman–Crippen LogP) is 4.59. The van der Waals surface area contributed by atoms with Crippen molar-refractivity contribution in [3.8, 4) is 0 Å². The first-order chi connectivity index (χ1) is 13.6. The Kier molecular flexibility index (Phi) is 6.60. The van der Waals surface area contributed by atoms with Gasteiger partial charge in [-0.1, -0.05) is 23.2 Å². The van der Waals surface area contributed by atoms with E-state index in [1.165, 1.54) is 6.92 Å². The summed E-state index contributed by atoms with van der Waals surface area (Å²) in [6, 6.07) is 5.80. The Labute approximate surface area is 180 Å². The first kappa shape index (κ1) is 22.1. The quantitative estimate of drug-likeness (QED) is 0.618. The first-order valence-corrected chi connectivity index (χ1v) is 10.8. The molecule has 1 amide bonds. The molecule has 0 unspecified atom stereocenters. The molecule has 0 bridgehead atoms. The molecular weight excluding hydrogens is 448 g/mol. The van der Waals surface area contributed by atoms with Crippen LogP contribution in [-0.2, 0) is 17.5 Å². The second-order valence-electron chi connectivity index (χ2n) is 6.59. The number of hydrogen-bond acceptors (Lipinski definition) is 4. The van der Waals surface area contributed by atoms with Crippen LogP contribution in [-0.4, -0.2) is 53.0 Å². The molecule has 0 radical (unpaired) electrons. The Bertz CT molecular complexity index is 911. The van der Waals surface area contributed by atoms with Gasteiger partial charge in [-0.3, -0.25) is 9.48 Å². The number of anilines is 1. The van der Waals surface area contributed by atoms with E-state index in [1.807, 2.05) is 24.5 Å². The summed E-state index contributed by atoms with van der Waals surface area (Å²) >= 11 is 13.5. The summed E-state index contributed by atoms with van der Waals surface area (Å²) in [5.74, 6) is -0.290. The zero-order valence-electron chi connectivity index (χ0n) is 15.8. The number of alkyl halides is 3. The Morgan fingerprint density at radius 1 is 1.21 bits per heavy atom. The molecule has 0 aliphatic carbocycles. The summed E-state index contributed by atoms with van der Waals surface area (Å²) in [6.07, 6.45) is -2.70. The highest BCUT2D eigenvalue weighted by molar-refractivity contribution is 7.98. The van der Waals surface area contributed by atoms with Crippen molar-refractivity contribution < 1.29 is 18.0 Å². The molecule has 0 saturated carbocycles. The van der Waals surface area contributed by atoms with Gasteiger partial charge in [0.15, 0.2) is 5.69 Å². The molecule has 1 aromatic heterocycles. The van der Waals surface area contributed by atoms with Gasteiger partial charge in [-0.15, -0.1) is 11.8 Å². The molecule has 1 fully saturated rings. The van der Waals surface area contributed by atoms with Crippen LogP contribution < -0.4 is 4.90 Å². The molecule has 0 N–H and O–H groups in total. The van der Waals surface area contributed by atoms with E-state index >= 15 is 0 Å². The van der Waals surface area contributed by atoms with Crippen molar-refractivity contribution in [1.29, 1.82) is 0 Å². The lowest BCUT2D eigenvalue weighted by molar-refractivity contribution is -0.142. The third kappa shape index (κ3) is 4.78. The molecule has 0 spiro atoms. The number of thioether (sulfide) groups is 1. The van der Waals surface area contributed by atoms with Gasteiger partial charge in [0.25, 0.3) is 0 Å². The summed E-state index contributed by atoms with van der Waals surface area (Å²) in [4.78, 5) is 17.3. The molecule has 5 nitrogen and oxygen atoms in total. The molecular formula is C18H19Cl2F3N4OS. The number of aromatic nitrogens is 2. The zero-order chi connectivity index (χ0) is 21.3. The molecule has 1 aliphatic rings. The van der Waals surface area contributed by atoms with Crippen molar-refractivity contribution in [3.05, 3.63) is 39.6 Å². The van der Waals surface area contributed by atoms with Crippen molar-refractivity contribution in [2.24, 2.45) is 0 Å². The number of rotatable bonds is 4. The fraction of sp³-hybridized carbons (Fsp3) is 0.444. The number of halogens is 5. The number of carbonyl (C=O) groups excluding carboxylic acids is 1. The van der Waals surface area contributed by atoms with Crippen LogP contribution in [0.25, 0.3) is 0 Å². The smallest absolute Gasteiger partial charge is 0.368 e. The lowest BCUT2D eigenvalue weighted by atomic mass is 10.2. The molecule has 1 aromatic carbocycles. The maximum absolute atomic E-state index is 12.9. The molecule has 1 aliphatic heterocycles. The highest BCUT2D eigenvalue weighted by Gasteiger charge is 2.38. The molecule has 29 heavy (non-hydrogen) atoms. The van der Waals surface area contributed by atoms with E-state index in [0.29, 0.717) is 31.2 Å². The van der Waals surface area contributed by atoms with Crippen LogP contribution in [0.3, 0.4) is 0 Å². The second kappa shape index (κ2) is 8.65. The molecule has 0 atom stereocenters. The lowest BCUT2D eigenvalue weighted by Gasteiger charge is -2.36. The van der Waals surface area contributed by atoms with Gasteiger partial charge in [0.05, 0.1) is 15.7 Å². The first-order valence-electron chi connectivity index (χ1n) is 8.78. The lowest BCUT2D eigenvalue weighted by Crippen LogP contribution is -2.49. The average Bonchev–Trinajstić information content (AvgIpc) is 2.97. The van der Waals surface area contributed by atoms with Gasteiger partial charge in [0, 0.05) is 36.8 Å². The molecule has 11 heteroatoms. The predicted molar refractivity (Wildman–Crippen MR) is 109 cm³/mol. The molecule has 2 heterocycles. The van der Waals surface area contributed by atoms with Crippen LogP contribution in [0.15, 0.2) is 23.1 Å². The largest absolute Gasteiger partial charge is 0.436 e. The summed E-state index contributed by atoms with van der Waals surface area (Å²) in [6.45, 7) is 3.31. The van der Waals surface area contributed by atoms with Crippen LogP contribution in [0.4, 0.5) is 18.9 Å². The second-order valence-corrected chi connectivity index (χ2v) is 8.22. The van der Waals surface area contributed by atoms with Crippen molar-refractivity contribution in [3.63, 3.8) is 0 Å². The third-order valence-corrected chi connectivity index (χ3v) is 6.49. The Balaban J connectivity index is 1.64. The standard InChI is InChI=1S/C18H19Cl2F3N4OS/c1-11-16(20)17(18(21,22)23)24-27(11)10-15(28)26-7-5-25(6-8-26)12-3-4-13(19)14(9-12)29-2/h3-4,9H,5-8,10H2,1-2H3. The van der Waals surface area contributed by atoms with Gasteiger partial charge < -0.3 is 9.80 Å². The Morgan fingerprint density at radius 2 is 1.86 bits per heavy atom. The number of nitrogens with zero attached hydrogens (tertiary/aromatic N) is 4. The summed E-state index contributed by atoms with van der Waals surface area (Å²) in [7, 11) is 0. The van der Waals surface area contributed by atoms with E-state index < -0.39 is 16.9 Å².